The van der Waals surface area contributed by atoms with Crippen molar-refractivity contribution in [1.82, 2.24) is 25.3 Å². The number of carbonyl (C=O) groups excluding carboxylic acids is 2. The Kier molecular flexibility index (Phi) is 10.5. The van der Waals surface area contributed by atoms with Crippen molar-refractivity contribution in [3.63, 3.8) is 0 Å². The summed E-state index contributed by atoms with van der Waals surface area (Å²) in [5.41, 5.74) is 3.19. The van der Waals surface area contributed by atoms with E-state index in [1.807, 2.05) is 17.0 Å². The van der Waals surface area contributed by atoms with E-state index in [4.69, 9.17) is 0 Å². The number of rotatable bonds is 10. The van der Waals surface area contributed by atoms with Gasteiger partial charge in [0.25, 0.3) is 0 Å². The molecule has 2 fully saturated rings. The highest BCUT2D eigenvalue weighted by Crippen LogP contribution is 2.27. The number of hydrogen-bond acceptors (Lipinski definition) is 5. The van der Waals surface area contributed by atoms with Crippen LogP contribution < -0.4 is 10.6 Å². The maximum atomic E-state index is 14.1. The number of hydrogen-bond donors (Lipinski definition) is 2. The molecule has 7 nitrogen and oxygen atoms in total. The number of carbonyl (C=O) groups is 2. The number of likely N-dealkylation sites (tertiary alicyclic amines) is 2. The highest BCUT2D eigenvalue weighted by atomic mass is 19.1. The van der Waals surface area contributed by atoms with E-state index in [0.717, 1.165) is 50.0 Å². The van der Waals surface area contributed by atoms with Crippen molar-refractivity contribution in [3.05, 3.63) is 71.0 Å². The topological polar surface area (TPSA) is 67.9 Å². The third-order valence-corrected chi connectivity index (χ3v) is 9.58. The Morgan fingerprint density at radius 3 is 2.30 bits per heavy atom. The molecule has 5 rings (SSSR count). The molecule has 3 aliphatic heterocycles. The molecule has 234 valence electrons. The molecule has 0 aliphatic carbocycles. The van der Waals surface area contributed by atoms with E-state index in [9.17, 15) is 14.0 Å². The monoisotopic (exact) mass is 591 g/mol. The number of amides is 2. The normalized spacial score (nSPS) is 22.3. The first-order valence-corrected chi connectivity index (χ1v) is 16.3. The molecule has 2 N–H and O–H groups in total. The summed E-state index contributed by atoms with van der Waals surface area (Å²) in [7, 11) is 0. The number of fused-ring (bicyclic) bond motifs is 1. The fourth-order valence-corrected chi connectivity index (χ4v) is 7.15. The molecular weight excluding hydrogens is 541 g/mol. The maximum Gasteiger partial charge on any atom is 0.245 e. The van der Waals surface area contributed by atoms with Crippen molar-refractivity contribution in [2.24, 2.45) is 5.92 Å². The van der Waals surface area contributed by atoms with Gasteiger partial charge in [-0.2, -0.15) is 0 Å². The van der Waals surface area contributed by atoms with E-state index < -0.39 is 12.1 Å². The minimum absolute atomic E-state index is 0.0458. The third-order valence-electron chi connectivity index (χ3n) is 9.58. The average Bonchev–Trinajstić information content (AvgIpc) is 3.50. The Bertz CT molecular complexity index is 1230. The first kappa shape index (κ1) is 31.6. The molecule has 2 saturated heterocycles. The standard InChI is InChI=1S/C35H50FN5O2/c1-24(2)22-41(30-13-16-39(17-14-30)25(3)4)31-15-18-40(23-31)35(43)33(19-26-9-11-29(36)12-10-26)38-34(42)32-20-27-7-5-6-8-28(27)21-37-32/h5-12,24-25,30-33,37H,13-23H2,1-4H3,(H,38,42). The van der Waals surface area contributed by atoms with E-state index in [-0.39, 0.29) is 17.6 Å². The van der Waals surface area contributed by atoms with Crippen LogP contribution in [0, 0.1) is 11.7 Å². The predicted octanol–water partition coefficient (Wildman–Crippen LogP) is 4.00. The summed E-state index contributed by atoms with van der Waals surface area (Å²) in [5, 5.41) is 6.46. The first-order chi connectivity index (χ1) is 20.7. The molecule has 3 atom stereocenters. The van der Waals surface area contributed by atoms with Crippen LogP contribution in [0.15, 0.2) is 48.5 Å². The zero-order valence-corrected chi connectivity index (χ0v) is 26.4. The van der Waals surface area contributed by atoms with Crippen LogP contribution in [-0.4, -0.2) is 89.4 Å². The molecule has 2 amide bonds. The highest BCUT2D eigenvalue weighted by Gasteiger charge is 2.38. The molecule has 3 unspecified atom stereocenters. The van der Waals surface area contributed by atoms with E-state index in [1.165, 1.54) is 17.7 Å². The first-order valence-electron chi connectivity index (χ1n) is 16.3. The Morgan fingerprint density at radius 1 is 0.953 bits per heavy atom. The van der Waals surface area contributed by atoms with Gasteiger partial charge in [0.15, 0.2) is 0 Å². The van der Waals surface area contributed by atoms with Crippen LogP contribution in [0.1, 0.15) is 63.6 Å². The van der Waals surface area contributed by atoms with E-state index in [2.05, 4.69) is 60.3 Å². The summed E-state index contributed by atoms with van der Waals surface area (Å²) in [6.45, 7) is 14.4. The second-order valence-corrected chi connectivity index (χ2v) is 13.5. The number of nitrogens with zero attached hydrogens (tertiary/aromatic N) is 3. The van der Waals surface area contributed by atoms with Crippen LogP contribution >= 0.6 is 0 Å². The molecule has 8 heteroatoms. The Morgan fingerprint density at radius 2 is 1.63 bits per heavy atom. The van der Waals surface area contributed by atoms with Crippen LogP contribution in [0.2, 0.25) is 0 Å². The van der Waals surface area contributed by atoms with Gasteiger partial charge in [0.05, 0.1) is 6.04 Å². The summed E-state index contributed by atoms with van der Waals surface area (Å²) in [4.78, 5) is 34.9. The summed E-state index contributed by atoms with van der Waals surface area (Å²) < 4.78 is 13.7. The molecule has 2 aromatic rings. The van der Waals surface area contributed by atoms with Gasteiger partial charge in [-0.1, -0.05) is 50.2 Å². The van der Waals surface area contributed by atoms with Crippen LogP contribution in [0.25, 0.3) is 0 Å². The van der Waals surface area contributed by atoms with E-state index in [1.54, 1.807) is 12.1 Å². The minimum atomic E-state index is -0.705. The molecule has 0 spiro atoms. The van der Waals surface area contributed by atoms with Crippen molar-refractivity contribution in [1.29, 1.82) is 0 Å². The lowest BCUT2D eigenvalue weighted by Crippen LogP contribution is -2.56. The Hall–Kier alpha value is -2.81. The van der Waals surface area contributed by atoms with Gasteiger partial charge < -0.3 is 20.4 Å². The fourth-order valence-electron chi connectivity index (χ4n) is 7.15. The SMILES string of the molecule is CC(C)CN(C1CCN(C(C)C)CC1)C1CCN(C(=O)C(Cc2ccc(F)cc2)NC(=O)C2Cc3ccccc3CN2)C1. The van der Waals surface area contributed by atoms with Gasteiger partial charge in [0.1, 0.15) is 11.9 Å². The zero-order chi connectivity index (χ0) is 30.5. The lowest BCUT2D eigenvalue weighted by molar-refractivity contribution is -0.136. The summed E-state index contributed by atoms with van der Waals surface area (Å²) in [6, 6.07) is 14.7. The molecule has 0 bridgehead atoms. The number of nitrogens with one attached hydrogen (secondary N) is 2. The quantitative estimate of drug-likeness (QED) is 0.438. The van der Waals surface area contributed by atoms with Crippen LogP contribution in [0.4, 0.5) is 4.39 Å². The van der Waals surface area contributed by atoms with Crippen molar-refractivity contribution in [2.45, 2.75) is 96.6 Å². The predicted molar refractivity (Wildman–Crippen MR) is 169 cm³/mol. The van der Waals surface area contributed by atoms with Gasteiger partial charge in [0, 0.05) is 50.7 Å². The Labute approximate surface area is 257 Å². The lowest BCUT2D eigenvalue weighted by Gasteiger charge is -2.43. The molecule has 2 aromatic carbocycles. The van der Waals surface area contributed by atoms with Crippen LogP contribution in [0.3, 0.4) is 0 Å². The van der Waals surface area contributed by atoms with Crippen molar-refractivity contribution >= 4 is 11.8 Å². The molecule has 43 heavy (non-hydrogen) atoms. The summed E-state index contributed by atoms with van der Waals surface area (Å²) in [6.07, 6.45) is 4.19. The number of halogens is 1. The largest absolute Gasteiger partial charge is 0.343 e. The zero-order valence-electron chi connectivity index (χ0n) is 26.4. The average molecular weight is 592 g/mol. The van der Waals surface area contributed by atoms with E-state index in [0.29, 0.717) is 56.5 Å². The summed E-state index contributed by atoms with van der Waals surface area (Å²) in [5.74, 6) is 0.0265. The second kappa shape index (κ2) is 14.3. The molecule has 0 saturated carbocycles. The van der Waals surface area contributed by atoms with Crippen LogP contribution in [0.5, 0.6) is 0 Å². The number of benzene rings is 2. The van der Waals surface area contributed by atoms with Gasteiger partial charge in [-0.25, -0.2) is 4.39 Å². The summed E-state index contributed by atoms with van der Waals surface area (Å²) >= 11 is 0. The maximum absolute atomic E-state index is 14.1. The van der Waals surface area contributed by atoms with E-state index >= 15 is 0 Å². The molecule has 3 heterocycles. The van der Waals surface area contributed by atoms with Gasteiger partial charge >= 0.3 is 0 Å². The molecule has 0 aromatic heterocycles. The van der Waals surface area contributed by atoms with Crippen molar-refractivity contribution < 1.29 is 14.0 Å². The van der Waals surface area contributed by atoms with Gasteiger partial charge in [0.2, 0.25) is 11.8 Å². The second-order valence-electron chi connectivity index (χ2n) is 13.5. The molecule has 3 aliphatic rings. The molecular formula is C35H50FN5O2. The third kappa shape index (κ3) is 8.02. The van der Waals surface area contributed by atoms with Crippen molar-refractivity contribution in [3.8, 4) is 0 Å². The lowest BCUT2D eigenvalue weighted by atomic mass is 9.95. The Balaban J connectivity index is 1.27. The fraction of sp³-hybridized carbons (Fsp3) is 0.600. The van der Waals surface area contributed by atoms with Gasteiger partial charge in [-0.15, -0.1) is 0 Å². The minimum Gasteiger partial charge on any atom is -0.343 e. The van der Waals surface area contributed by atoms with Gasteiger partial charge in [-0.05, 0) is 87.4 Å². The van der Waals surface area contributed by atoms with Crippen molar-refractivity contribution in [2.75, 3.05) is 32.7 Å². The number of piperidine rings is 1. The van der Waals surface area contributed by atoms with Crippen LogP contribution in [-0.2, 0) is 29.0 Å². The highest BCUT2D eigenvalue weighted by molar-refractivity contribution is 5.90. The smallest absolute Gasteiger partial charge is 0.245 e. The molecule has 0 radical (unpaired) electrons. The van der Waals surface area contributed by atoms with Gasteiger partial charge in [-0.3, -0.25) is 14.5 Å².